The van der Waals surface area contributed by atoms with Gasteiger partial charge in [-0.15, -0.1) is 5.10 Å². The highest BCUT2D eigenvalue weighted by molar-refractivity contribution is 9.10. The van der Waals surface area contributed by atoms with Crippen molar-refractivity contribution in [2.75, 3.05) is 0 Å². The third kappa shape index (κ3) is 2.84. The second-order valence-corrected chi connectivity index (χ2v) is 6.12. The van der Waals surface area contributed by atoms with E-state index in [0.717, 1.165) is 10.2 Å². The maximum Gasteiger partial charge on any atom is 0.375 e. The molecule has 0 radical (unpaired) electrons. The van der Waals surface area contributed by atoms with Crippen LogP contribution in [0.5, 0.6) is 0 Å². The Kier molecular flexibility index (Phi) is 3.45. The molecule has 100 valence electrons. The normalized spacial score (nSPS) is 11.6. The third-order valence-corrected chi connectivity index (χ3v) is 3.02. The summed E-state index contributed by atoms with van der Waals surface area (Å²) in [6.07, 6.45) is 0. The van der Waals surface area contributed by atoms with E-state index in [-0.39, 0.29) is 11.2 Å². The zero-order chi connectivity index (χ0) is 14.2. The number of carboxylic acid groups (broad SMARTS) is 1. The fourth-order valence-corrected chi connectivity index (χ4v) is 2.06. The van der Waals surface area contributed by atoms with E-state index in [9.17, 15) is 4.79 Å². The quantitative estimate of drug-likeness (QED) is 0.922. The number of hydrogen-bond acceptors (Lipinski definition) is 3. The summed E-state index contributed by atoms with van der Waals surface area (Å²) >= 11 is 3.39. The largest absolute Gasteiger partial charge is 0.475 e. The summed E-state index contributed by atoms with van der Waals surface area (Å²) in [7, 11) is 0. The molecule has 1 aromatic heterocycles. The fraction of sp³-hybridized carbons (Fsp3) is 0.308. The molecule has 1 N–H and O–H groups in total. The molecule has 0 bridgehead atoms. The maximum atomic E-state index is 11.0. The summed E-state index contributed by atoms with van der Waals surface area (Å²) in [5.74, 6) is -0.702. The van der Waals surface area contributed by atoms with Crippen LogP contribution in [0.2, 0.25) is 0 Å². The Balaban J connectivity index is 2.64. The summed E-state index contributed by atoms with van der Waals surface area (Å²) < 4.78 is 2.48. The summed E-state index contributed by atoms with van der Waals surface area (Å²) in [5.41, 5.74) is 0.475. The van der Waals surface area contributed by atoms with Crippen LogP contribution in [0.3, 0.4) is 0 Å². The zero-order valence-electron chi connectivity index (χ0n) is 10.9. The Morgan fingerprint density at radius 3 is 2.58 bits per heavy atom. The molecule has 0 aliphatic carbocycles. The summed E-state index contributed by atoms with van der Waals surface area (Å²) in [4.78, 5) is 15.2. The van der Waals surface area contributed by atoms with Crippen LogP contribution >= 0.6 is 15.9 Å². The molecule has 0 fully saturated rings. The van der Waals surface area contributed by atoms with Crippen LogP contribution in [0.15, 0.2) is 28.7 Å². The van der Waals surface area contributed by atoms with Crippen molar-refractivity contribution >= 4 is 21.9 Å². The lowest BCUT2D eigenvalue weighted by molar-refractivity contribution is 0.0683. The number of aromatic nitrogens is 3. The van der Waals surface area contributed by atoms with E-state index in [0.29, 0.717) is 5.82 Å². The molecule has 2 aromatic rings. The second-order valence-electron chi connectivity index (χ2n) is 5.21. The van der Waals surface area contributed by atoms with Crippen LogP contribution in [0, 0.1) is 0 Å². The highest BCUT2D eigenvalue weighted by atomic mass is 79.9. The van der Waals surface area contributed by atoms with E-state index in [1.807, 2.05) is 45.0 Å². The lowest BCUT2D eigenvalue weighted by Gasteiger charge is -2.18. The van der Waals surface area contributed by atoms with Gasteiger partial charge >= 0.3 is 5.97 Å². The van der Waals surface area contributed by atoms with Crippen LogP contribution in [0.25, 0.3) is 5.69 Å². The Hall–Kier alpha value is -1.69. The van der Waals surface area contributed by atoms with Gasteiger partial charge < -0.3 is 5.11 Å². The van der Waals surface area contributed by atoms with Crippen molar-refractivity contribution in [2.24, 2.45) is 0 Å². The number of nitrogens with zero attached hydrogens (tertiary/aromatic N) is 3. The molecule has 0 aliphatic rings. The molecule has 1 heterocycles. The minimum atomic E-state index is -1.13. The number of benzene rings is 1. The van der Waals surface area contributed by atoms with E-state index in [1.54, 1.807) is 4.68 Å². The van der Waals surface area contributed by atoms with Crippen molar-refractivity contribution in [3.8, 4) is 5.69 Å². The molecule has 0 saturated heterocycles. The molecule has 19 heavy (non-hydrogen) atoms. The van der Waals surface area contributed by atoms with Crippen LogP contribution < -0.4 is 0 Å². The third-order valence-electron chi connectivity index (χ3n) is 2.52. The molecule has 0 saturated carbocycles. The van der Waals surface area contributed by atoms with E-state index in [4.69, 9.17) is 5.11 Å². The van der Waals surface area contributed by atoms with Crippen LogP contribution in [0.4, 0.5) is 0 Å². The minimum absolute atomic E-state index is 0.190. The highest BCUT2D eigenvalue weighted by Crippen LogP contribution is 2.24. The number of rotatable bonds is 2. The van der Waals surface area contributed by atoms with Gasteiger partial charge in [-0.25, -0.2) is 14.5 Å². The predicted octanol–water partition coefficient (Wildman–Crippen LogP) is 3.03. The van der Waals surface area contributed by atoms with Crippen molar-refractivity contribution in [3.05, 3.63) is 40.4 Å². The molecule has 0 atom stereocenters. The van der Waals surface area contributed by atoms with Gasteiger partial charge in [-0.2, -0.15) is 0 Å². The van der Waals surface area contributed by atoms with Gasteiger partial charge in [0.05, 0.1) is 5.69 Å². The Bertz CT molecular complexity index is 629. The molecule has 2 rings (SSSR count). The van der Waals surface area contributed by atoms with Crippen molar-refractivity contribution in [1.29, 1.82) is 0 Å². The highest BCUT2D eigenvalue weighted by Gasteiger charge is 2.25. The minimum Gasteiger partial charge on any atom is -0.475 e. The Morgan fingerprint density at radius 1 is 1.37 bits per heavy atom. The van der Waals surface area contributed by atoms with Crippen molar-refractivity contribution in [3.63, 3.8) is 0 Å². The molecule has 0 aliphatic heterocycles. The monoisotopic (exact) mass is 323 g/mol. The summed E-state index contributed by atoms with van der Waals surface area (Å²) in [5, 5.41) is 13.1. The Labute approximate surface area is 119 Å². The molecular weight excluding hydrogens is 310 g/mol. The van der Waals surface area contributed by atoms with Crippen molar-refractivity contribution in [2.45, 2.75) is 26.2 Å². The fourth-order valence-electron chi connectivity index (χ4n) is 1.68. The smallest absolute Gasteiger partial charge is 0.375 e. The lowest BCUT2D eigenvalue weighted by Crippen LogP contribution is -2.18. The summed E-state index contributed by atoms with van der Waals surface area (Å²) in [6.45, 7) is 5.91. The number of hydrogen-bond donors (Lipinski definition) is 1. The van der Waals surface area contributed by atoms with Gasteiger partial charge in [0.1, 0.15) is 5.82 Å². The van der Waals surface area contributed by atoms with E-state index in [1.165, 1.54) is 0 Å². The molecule has 0 spiro atoms. The SMILES string of the molecule is CC(C)(C)c1nc(C(=O)O)nn1-c1cccc(Br)c1. The first-order valence-corrected chi connectivity index (χ1v) is 6.55. The standard InChI is InChI=1S/C13H14BrN3O2/c1-13(2,3)12-15-10(11(18)19)16-17(12)9-6-4-5-8(14)7-9/h4-7H,1-3H3,(H,18,19). The average molecular weight is 324 g/mol. The molecule has 5 nitrogen and oxygen atoms in total. The number of carboxylic acids is 1. The molecule has 1 aromatic carbocycles. The first-order valence-electron chi connectivity index (χ1n) is 5.76. The van der Waals surface area contributed by atoms with Gasteiger partial charge in [0.2, 0.25) is 0 Å². The van der Waals surface area contributed by atoms with E-state index < -0.39 is 5.97 Å². The lowest BCUT2D eigenvalue weighted by atomic mass is 9.95. The van der Waals surface area contributed by atoms with Gasteiger partial charge in [-0.3, -0.25) is 0 Å². The molecular formula is C13H14BrN3O2. The van der Waals surface area contributed by atoms with Crippen LogP contribution in [-0.2, 0) is 5.41 Å². The first-order chi connectivity index (χ1) is 8.79. The van der Waals surface area contributed by atoms with Gasteiger partial charge in [-0.05, 0) is 18.2 Å². The summed E-state index contributed by atoms with van der Waals surface area (Å²) in [6, 6.07) is 7.50. The van der Waals surface area contributed by atoms with Gasteiger partial charge in [-0.1, -0.05) is 42.8 Å². The second kappa shape index (κ2) is 4.77. The van der Waals surface area contributed by atoms with E-state index in [2.05, 4.69) is 26.0 Å². The molecule has 0 amide bonds. The van der Waals surface area contributed by atoms with Gasteiger partial charge in [0.15, 0.2) is 0 Å². The zero-order valence-corrected chi connectivity index (χ0v) is 12.5. The van der Waals surface area contributed by atoms with Crippen molar-refractivity contribution in [1.82, 2.24) is 14.8 Å². The molecule has 6 heteroatoms. The average Bonchev–Trinajstić information content (AvgIpc) is 2.73. The predicted molar refractivity (Wildman–Crippen MR) is 74.7 cm³/mol. The van der Waals surface area contributed by atoms with E-state index >= 15 is 0 Å². The number of carbonyl (C=O) groups is 1. The first kappa shape index (κ1) is 13.7. The maximum absolute atomic E-state index is 11.0. The van der Waals surface area contributed by atoms with Gasteiger partial charge in [0, 0.05) is 9.89 Å². The van der Waals surface area contributed by atoms with Crippen LogP contribution in [-0.4, -0.2) is 25.8 Å². The van der Waals surface area contributed by atoms with Crippen molar-refractivity contribution < 1.29 is 9.90 Å². The van der Waals surface area contributed by atoms with Gasteiger partial charge in [0.25, 0.3) is 5.82 Å². The molecule has 0 unspecified atom stereocenters. The number of halogens is 1. The van der Waals surface area contributed by atoms with Crippen LogP contribution in [0.1, 0.15) is 37.2 Å². The Morgan fingerprint density at radius 2 is 2.05 bits per heavy atom. The topological polar surface area (TPSA) is 68.0 Å². The number of aromatic carboxylic acids is 1.